The van der Waals surface area contributed by atoms with Crippen LogP contribution in [-0.2, 0) is 32.0 Å². The van der Waals surface area contributed by atoms with Crippen LogP contribution in [0.4, 0.5) is 0 Å². The molecule has 0 bridgehead atoms. The number of carbonyl (C=O) groups excluding carboxylic acids is 1. The summed E-state index contributed by atoms with van der Waals surface area (Å²) in [7, 11) is 2.95. The lowest BCUT2D eigenvalue weighted by atomic mass is 10.1. The standard InChI is InChI=1S/C23H26N8O3/c1-28-21-20(22(33)29(2)23(28)34)30(14-26-21)13-19(32)25-12-16-11-18(15-7-9-24-10-8-15)31(27-16)17-5-3-4-6-17/h7-11,14,17H,3-6,12-13H2,1-2H3,(H,25,32). The number of nitrogens with zero attached hydrogens (tertiary/aromatic N) is 7. The first-order chi connectivity index (χ1) is 16.4. The number of imidazole rings is 1. The molecule has 5 rings (SSSR count). The summed E-state index contributed by atoms with van der Waals surface area (Å²) in [6, 6.07) is 6.28. The number of pyridine rings is 1. The van der Waals surface area contributed by atoms with Crippen LogP contribution in [0.25, 0.3) is 22.4 Å². The molecule has 11 heteroatoms. The first kappa shape index (κ1) is 21.8. The van der Waals surface area contributed by atoms with Crippen LogP contribution in [-0.4, -0.2) is 39.4 Å². The van der Waals surface area contributed by atoms with E-state index in [0.29, 0.717) is 6.04 Å². The number of hydrogen-bond donors (Lipinski definition) is 1. The Kier molecular flexibility index (Phi) is 5.60. The lowest BCUT2D eigenvalue weighted by Crippen LogP contribution is -2.38. The number of carbonyl (C=O) groups is 1. The Bertz CT molecular complexity index is 1470. The van der Waals surface area contributed by atoms with Gasteiger partial charge in [-0.15, -0.1) is 0 Å². The van der Waals surface area contributed by atoms with Gasteiger partial charge < -0.3 is 9.88 Å². The number of aromatic nitrogens is 7. The smallest absolute Gasteiger partial charge is 0.332 e. The van der Waals surface area contributed by atoms with Crippen molar-refractivity contribution in [3.63, 3.8) is 0 Å². The van der Waals surface area contributed by atoms with Gasteiger partial charge in [-0.05, 0) is 31.0 Å². The lowest BCUT2D eigenvalue weighted by molar-refractivity contribution is -0.121. The quantitative estimate of drug-likeness (QED) is 0.458. The van der Waals surface area contributed by atoms with Crippen LogP contribution in [0.2, 0.25) is 0 Å². The summed E-state index contributed by atoms with van der Waals surface area (Å²) in [5.41, 5.74) is 2.34. The van der Waals surface area contributed by atoms with Gasteiger partial charge in [0.2, 0.25) is 5.91 Å². The van der Waals surface area contributed by atoms with Gasteiger partial charge in [0, 0.05) is 32.1 Å². The first-order valence-electron chi connectivity index (χ1n) is 11.3. The summed E-state index contributed by atoms with van der Waals surface area (Å²) >= 11 is 0. The van der Waals surface area contributed by atoms with Crippen LogP contribution < -0.4 is 16.6 Å². The number of nitrogens with one attached hydrogen (secondary N) is 1. The average molecular weight is 463 g/mol. The molecule has 0 spiro atoms. The van der Waals surface area contributed by atoms with Crippen LogP contribution in [0.1, 0.15) is 37.4 Å². The van der Waals surface area contributed by atoms with E-state index in [1.165, 1.54) is 35.4 Å². The fourth-order valence-electron chi connectivity index (χ4n) is 4.61. The molecule has 1 aliphatic carbocycles. The number of fused-ring (bicyclic) bond motifs is 1. The molecule has 34 heavy (non-hydrogen) atoms. The average Bonchev–Trinajstić information content (AvgIpc) is 3.60. The molecule has 1 saturated carbocycles. The molecule has 0 unspecified atom stereocenters. The Labute approximate surface area is 194 Å². The maximum Gasteiger partial charge on any atom is 0.332 e. The molecule has 0 aliphatic heterocycles. The van der Waals surface area contributed by atoms with Crippen molar-refractivity contribution in [1.29, 1.82) is 0 Å². The second kappa shape index (κ2) is 8.73. The summed E-state index contributed by atoms with van der Waals surface area (Å²) in [6.07, 6.45) is 9.50. The monoisotopic (exact) mass is 462 g/mol. The van der Waals surface area contributed by atoms with Crippen LogP contribution in [0, 0.1) is 0 Å². The summed E-state index contributed by atoms with van der Waals surface area (Å²) in [6.45, 7) is 0.171. The zero-order valence-corrected chi connectivity index (χ0v) is 19.1. The highest BCUT2D eigenvalue weighted by Crippen LogP contribution is 2.33. The highest BCUT2D eigenvalue weighted by molar-refractivity contribution is 5.78. The number of rotatable bonds is 6. The van der Waals surface area contributed by atoms with Crippen molar-refractivity contribution in [2.45, 2.75) is 44.8 Å². The SMILES string of the molecule is Cn1c(=O)c2c(ncn2CC(=O)NCc2cc(-c3ccncc3)n(C3CCCC3)n2)n(C)c1=O. The van der Waals surface area contributed by atoms with Gasteiger partial charge in [-0.3, -0.25) is 28.4 Å². The molecule has 0 radical (unpaired) electrons. The first-order valence-corrected chi connectivity index (χ1v) is 11.3. The molecule has 0 aromatic carbocycles. The zero-order valence-electron chi connectivity index (χ0n) is 19.1. The van der Waals surface area contributed by atoms with Crippen molar-refractivity contribution in [2.24, 2.45) is 14.1 Å². The van der Waals surface area contributed by atoms with E-state index < -0.39 is 11.2 Å². The van der Waals surface area contributed by atoms with Crippen molar-refractivity contribution >= 4 is 17.1 Å². The third kappa shape index (κ3) is 3.82. The largest absolute Gasteiger partial charge is 0.349 e. The van der Waals surface area contributed by atoms with E-state index in [-0.39, 0.29) is 30.2 Å². The maximum absolute atomic E-state index is 12.7. The Morgan fingerprint density at radius 2 is 1.85 bits per heavy atom. The fraction of sp³-hybridized carbons (Fsp3) is 0.391. The van der Waals surface area contributed by atoms with E-state index in [1.54, 1.807) is 19.4 Å². The van der Waals surface area contributed by atoms with Gasteiger partial charge in [-0.1, -0.05) is 12.8 Å². The Balaban J connectivity index is 1.35. The summed E-state index contributed by atoms with van der Waals surface area (Å²) in [4.78, 5) is 45.7. The predicted octanol–water partition coefficient (Wildman–Crippen LogP) is 1.12. The minimum atomic E-state index is -0.485. The van der Waals surface area contributed by atoms with Gasteiger partial charge in [-0.25, -0.2) is 9.78 Å². The topological polar surface area (TPSA) is 122 Å². The highest BCUT2D eigenvalue weighted by atomic mass is 16.2. The van der Waals surface area contributed by atoms with E-state index in [9.17, 15) is 14.4 Å². The van der Waals surface area contributed by atoms with Crippen LogP contribution in [0.3, 0.4) is 0 Å². The molecule has 0 saturated heterocycles. The molecule has 1 N–H and O–H groups in total. The third-order valence-electron chi connectivity index (χ3n) is 6.43. The Morgan fingerprint density at radius 3 is 2.59 bits per heavy atom. The molecule has 1 amide bonds. The minimum Gasteiger partial charge on any atom is -0.349 e. The third-order valence-corrected chi connectivity index (χ3v) is 6.43. The van der Waals surface area contributed by atoms with Crippen molar-refractivity contribution < 1.29 is 4.79 Å². The van der Waals surface area contributed by atoms with Gasteiger partial charge in [0.05, 0.1) is 30.3 Å². The number of amides is 1. The Morgan fingerprint density at radius 1 is 1.12 bits per heavy atom. The van der Waals surface area contributed by atoms with Crippen molar-refractivity contribution in [2.75, 3.05) is 0 Å². The molecule has 4 aromatic heterocycles. The van der Waals surface area contributed by atoms with E-state index in [2.05, 4.69) is 20.0 Å². The van der Waals surface area contributed by atoms with Crippen LogP contribution in [0.5, 0.6) is 0 Å². The van der Waals surface area contributed by atoms with Gasteiger partial charge in [-0.2, -0.15) is 5.10 Å². The number of aryl methyl sites for hydroxylation is 1. The van der Waals surface area contributed by atoms with Crippen molar-refractivity contribution in [1.82, 2.24) is 38.8 Å². The van der Waals surface area contributed by atoms with E-state index in [4.69, 9.17) is 5.10 Å². The fourth-order valence-corrected chi connectivity index (χ4v) is 4.61. The summed E-state index contributed by atoms with van der Waals surface area (Å²) < 4.78 is 5.85. The molecule has 4 aromatic rings. The van der Waals surface area contributed by atoms with E-state index >= 15 is 0 Å². The van der Waals surface area contributed by atoms with Crippen molar-refractivity contribution in [3.05, 3.63) is 63.5 Å². The maximum atomic E-state index is 12.7. The van der Waals surface area contributed by atoms with Gasteiger partial charge in [0.25, 0.3) is 5.56 Å². The molecule has 1 fully saturated rings. The van der Waals surface area contributed by atoms with Gasteiger partial charge in [0.15, 0.2) is 11.2 Å². The van der Waals surface area contributed by atoms with E-state index in [1.807, 2.05) is 18.2 Å². The molecule has 11 nitrogen and oxygen atoms in total. The van der Waals surface area contributed by atoms with Crippen molar-refractivity contribution in [3.8, 4) is 11.3 Å². The molecular weight excluding hydrogens is 436 g/mol. The lowest BCUT2D eigenvalue weighted by Gasteiger charge is -2.14. The normalized spacial score (nSPS) is 14.2. The summed E-state index contributed by atoms with van der Waals surface area (Å²) in [5, 5.41) is 7.70. The zero-order chi connectivity index (χ0) is 23.8. The Hall–Kier alpha value is -4.02. The van der Waals surface area contributed by atoms with E-state index in [0.717, 1.165) is 34.4 Å². The number of hydrogen-bond acceptors (Lipinski definition) is 6. The van der Waals surface area contributed by atoms with Gasteiger partial charge >= 0.3 is 5.69 Å². The highest BCUT2D eigenvalue weighted by Gasteiger charge is 2.22. The minimum absolute atomic E-state index is 0.0928. The molecule has 1 aliphatic rings. The molecule has 176 valence electrons. The molecule has 0 atom stereocenters. The predicted molar refractivity (Wildman–Crippen MR) is 125 cm³/mol. The van der Waals surface area contributed by atoms with Crippen LogP contribution in [0.15, 0.2) is 46.5 Å². The second-order valence-corrected chi connectivity index (χ2v) is 8.67. The molecule has 4 heterocycles. The van der Waals surface area contributed by atoms with Gasteiger partial charge in [0.1, 0.15) is 6.54 Å². The summed E-state index contributed by atoms with van der Waals surface area (Å²) in [5.74, 6) is -0.281. The molecular formula is C23H26N8O3. The van der Waals surface area contributed by atoms with Crippen LogP contribution >= 0.6 is 0 Å². The second-order valence-electron chi connectivity index (χ2n) is 8.67.